The van der Waals surface area contributed by atoms with E-state index in [4.69, 9.17) is 0 Å². The fraction of sp³-hybridized carbons (Fsp3) is 0. The molecule has 0 aliphatic carbocycles. The van der Waals surface area contributed by atoms with Crippen molar-refractivity contribution in [2.24, 2.45) is 0 Å². The van der Waals surface area contributed by atoms with E-state index >= 15 is 0 Å². The van der Waals surface area contributed by atoms with E-state index < -0.39 is 18.5 Å². The van der Waals surface area contributed by atoms with Gasteiger partial charge in [0.25, 0.3) is 0 Å². The summed E-state index contributed by atoms with van der Waals surface area (Å²) < 4.78 is 47.2. The Balaban J connectivity index is 2.99. The molecule has 0 N–H and O–H groups in total. The van der Waals surface area contributed by atoms with E-state index in [0.29, 0.717) is 12.4 Å². The van der Waals surface area contributed by atoms with E-state index in [9.17, 15) is 17.3 Å². The third-order valence-electron chi connectivity index (χ3n) is 1.02. The van der Waals surface area contributed by atoms with Crippen LogP contribution in [0.25, 0.3) is 0 Å². The Morgan fingerprint density at radius 3 is 1.91 bits per heavy atom. The third kappa shape index (κ3) is 1.89. The summed E-state index contributed by atoms with van der Waals surface area (Å²) in [6.07, 6.45) is -0.321. The average molecular weight is 165 g/mol. The lowest BCUT2D eigenvalue weighted by Gasteiger charge is -2.12. The molecule has 0 radical (unpaired) electrons. The van der Waals surface area contributed by atoms with Crippen LogP contribution in [0.15, 0.2) is 12.4 Å². The van der Waals surface area contributed by atoms with Crippen molar-refractivity contribution in [3.63, 3.8) is 0 Å². The molecule has 0 fully saturated rings. The van der Waals surface area contributed by atoms with Crippen LogP contribution in [0.2, 0.25) is 0 Å². The van der Waals surface area contributed by atoms with Crippen LogP contribution in [0.1, 0.15) is 0 Å². The summed E-state index contributed by atoms with van der Waals surface area (Å²) in [6, 6.07) is 0. The Bertz CT molecular complexity index is 243. The maximum absolute atomic E-state index is 11.9. The standard InChI is InChI=1S/C4H2BF4N2/c6-4-10-1-3(2-11-4)5(7,8)9/h1-2H/q-1. The highest BCUT2D eigenvalue weighted by Gasteiger charge is 2.26. The lowest BCUT2D eigenvalue weighted by Crippen LogP contribution is -2.34. The molecule has 0 saturated heterocycles. The molecule has 0 atom stereocenters. The normalized spacial score (nSPS) is 11.6. The molecule has 0 spiro atoms. The quantitative estimate of drug-likeness (QED) is 0.347. The first-order chi connectivity index (χ1) is 5.00. The minimum Gasteiger partial charge on any atom is -0.445 e. The van der Waals surface area contributed by atoms with Crippen molar-refractivity contribution in [1.82, 2.24) is 9.97 Å². The van der Waals surface area contributed by atoms with Crippen LogP contribution in [0, 0.1) is 6.08 Å². The molecule has 60 valence electrons. The van der Waals surface area contributed by atoms with E-state index in [1.165, 1.54) is 0 Å². The summed E-state index contributed by atoms with van der Waals surface area (Å²) >= 11 is 0. The van der Waals surface area contributed by atoms with E-state index in [1.54, 1.807) is 0 Å². The molecule has 0 aliphatic heterocycles. The maximum atomic E-state index is 11.9. The molecule has 1 aromatic heterocycles. The Kier molecular flexibility index (Phi) is 1.80. The van der Waals surface area contributed by atoms with Gasteiger partial charge in [-0.25, -0.2) is 9.97 Å². The number of hydrogen-bond acceptors (Lipinski definition) is 2. The molecule has 11 heavy (non-hydrogen) atoms. The summed E-state index contributed by atoms with van der Waals surface area (Å²) in [5.41, 5.74) is -0.994. The molecule has 7 heteroatoms. The summed E-state index contributed by atoms with van der Waals surface area (Å²) in [6.45, 7) is -5.11. The first kappa shape index (κ1) is 7.97. The largest absolute Gasteiger partial charge is 0.512 e. The molecule has 0 saturated carbocycles. The van der Waals surface area contributed by atoms with Gasteiger partial charge in [0, 0.05) is 12.4 Å². The van der Waals surface area contributed by atoms with Gasteiger partial charge in [0.2, 0.25) is 0 Å². The van der Waals surface area contributed by atoms with E-state index in [2.05, 4.69) is 9.97 Å². The monoisotopic (exact) mass is 165 g/mol. The topological polar surface area (TPSA) is 25.8 Å². The zero-order chi connectivity index (χ0) is 8.48. The first-order valence-corrected chi connectivity index (χ1v) is 2.67. The van der Waals surface area contributed by atoms with E-state index in [-0.39, 0.29) is 0 Å². The zero-order valence-corrected chi connectivity index (χ0v) is 5.14. The molecule has 1 heterocycles. The Labute approximate surface area is 59.3 Å². The lowest BCUT2D eigenvalue weighted by molar-refractivity contribution is 0.497. The molecule has 0 amide bonds. The maximum Gasteiger partial charge on any atom is 0.512 e. The molecule has 0 aromatic carbocycles. The fourth-order valence-corrected chi connectivity index (χ4v) is 0.491. The number of nitrogens with zero attached hydrogens (tertiary/aromatic N) is 2. The van der Waals surface area contributed by atoms with Gasteiger partial charge in [-0.3, -0.25) is 0 Å². The van der Waals surface area contributed by atoms with Crippen LogP contribution in [-0.4, -0.2) is 16.9 Å². The van der Waals surface area contributed by atoms with Gasteiger partial charge in [-0.15, -0.1) is 0 Å². The van der Waals surface area contributed by atoms with Crippen LogP contribution < -0.4 is 5.46 Å². The highest BCUT2D eigenvalue weighted by molar-refractivity contribution is 6.73. The van der Waals surface area contributed by atoms with Crippen LogP contribution in [0.3, 0.4) is 0 Å². The van der Waals surface area contributed by atoms with Crippen molar-refractivity contribution in [3.05, 3.63) is 18.5 Å². The van der Waals surface area contributed by atoms with E-state index in [1.807, 2.05) is 0 Å². The predicted octanol–water partition coefficient (Wildman–Crippen LogP) is 0.670. The van der Waals surface area contributed by atoms with Gasteiger partial charge in [0.05, 0.1) is 0 Å². The van der Waals surface area contributed by atoms with E-state index in [0.717, 1.165) is 0 Å². The van der Waals surface area contributed by atoms with Crippen LogP contribution in [0.5, 0.6) is 0 Å². The predicted molar refractivity (Wildman–Crippen MR) is 30.7 cm³/mol. The third-order valence-corrected chi connectivity index (χ3v) is 1.02. The average Bonchev–Trinajstić information content (AvgIpc) is 1.86. The summed E-state index contributed by atoms with van der Waals surface area (Å²) in [5.74, 6) is 0. The van der Waals surface area contributed by atoms with Gasteiger partial charge >= 0.3 is 13.1 Å². The van der Waals surface area contributed by atoms with Crippen molar-refractivity contribution >= 4 is 12.4 Å². The van der Waals surface area contributed by atoms with Crippen LogP contribution in [0.4, 0.5) is 17.3 Å². The highest BCUT2D eigenvalue weighted by Crippen LogP contribution is 2.06. The lowest BCUT2D eigenvalue weighted by atomic mass is 9.83. The number of hydrogen-bond donors (Lipinski definition) is 0. The van der Waals surface area contributed by atoms with Crippen molar-refractivity contribution < 1.29 is 17.3 Å². The minimum atomic E-state index is -5.11. The number of rotatable bonds is 1. The van der Waals surface area contributed by atoms with Crippen molar-refractivity contribution in [2.45, 2.75) is 0 Å². The van der Waals surface area contributed by atoms with Gasteiger partial charge in [0.1, 0.15) is 0 Å². The smallest absolute Gasteiger partial charge is 0.445 e. The molecular formula is C4H2BF4N2-. The fourth-order valence-electron chi connectivity index (χ4n) is 0.491. The van der Waals surface area contributed by atoms with Gasteiger partial charge in [-0.1, -0.05) is 5.46 Å². The summed E-state index contributed by atoms with van der Waals surface area (Å²) in [4.78, 5) is 5.53. The molecule has 0 bridgehead atoms. The molecule has 1 aromatic rings. The summed E-state index contributed by atoms with van der Waals surface area (Å²) in [7, 11) is 0. The number of halogens is 4. The Hall–Kier alpha value is -1.14. The van der Waals surface area contributed by atoms with Crippen molar-refractivity contribution in [1.29, 1.82) is 0 Å². The second-order valence-electron chi connectivity index (χ2n) is 1.86. The van der Waals surface area contributed by atoms with Gasteiger partial charge < -0.3 is 12.9 Å². The molecule has 1 rings (SSSR count). The van der Waals surface area contributed by atoms with Crippen molar-refractivity contribution in [3.8, 4) is 0 Å². The van der Waals surface area contributed by atoms with Crippen LogP contribution in [-0.2, 0) is 0 Å². The molecule has 0 aliphatic rings. The highest BCUT2D eigenvalue weighted by atomic mass is 19.4. The molecular weight excluding hydrogens is 163 g/mol. The second-order valence-corrected chi connectivity index (χ2v) is 1.86. The minimum absolute atomic E-state index is 0.419. The van der Waals surface area contributed by atoms with Gasteiger partial charge in [-0.2, -0.15) is 4.39 Å². The SMILES string of the molecule is Fc1ncc([B-](F)(F)F)cn1. The van der Waals surface area contributed by atoms with Gasteiger partial charge in [-0.05, 0) is 0 Å². The Morgan fingerprint density at radius 1 is 1.09 bits per heavy atom. The zero-order valence-electron chi connectivity index (χ0n) is 5.14. The molecule has 2 nitrogen and oxygen atoms in total. The first-order valence-electron chi connectivity index (χ1n) is 2.67. The number of aromatic nitrogens is 2. The Morgan fingerprint density at radius 2 is 1.55 bits per heavy atom. The van der Waals surface area contributed by atoms with Crippen molar-refractivity contribution in [2.75, 3.05) is 0 Å². The summed E-state index contributed by atoms with van der Waals surface area (Å²) in [5, 5.41) is 0. The second kappa shape index (κ2) is 2.48. The van der Waals surface area contributed by atoms with Crippen LogP contribution >= 0.6 is 0 Å². The molecule has 0 unspecified atom stereocenters. The van der Waals surface area contributed by atoms with Gasteiger partial charge in [0.15, 0.2) is 0 Å².